The van der Waals surface area contributed by atoms with E-state index in [1.807, 2.05) is 0 Å². The Morgan fingerprint density at radius 2 is 1.50 bits per heavy atom. The van der Waals surface area contributed by atoms with Gasteiger partial charge in [0.05, 0.1) is 16.8 Å². The van der Waals surface area contributed by atoms with Crippen LogP contribution in [-0.4, -0.2) is 23.0 Å². The van der Waals surface area contributed by atoms with Crippen molar-refractivity contribution in [3.05, 3.63) is 70.8 Å². The molecule has 1 aliphatic rings. The Morgan fingerprint density at radius 3 is 2.03 bits per heavy atom. The number of alkyl halides is 6. The quantitative estimate of drug-likeness (QED) is 0.677. The summed E-state index contributed by atoms with van der Waals surface area (Å²) in [7, 11) is 0. The maximum absolute atomic E-state index is 13.2. The van der Waals surface area contributed by atoms with Gasteiger partial charge in [-0.3, -0.25) is 4.79 Å². The molecule has 1 unspecified atom stereocenters. The zero-order chi connectivity index (χ0) is 22.2. The number of nitrogens with zero attached hydrogens (tertiary/aromatic N) is 1. The molecule has 2 aromatic rings. The lowest BCUT2D eigenvalue weighted by atomic mass is 9.88. The normalized spacial score (nSPS) is 20.3. The highest BCUT2D eigenvalue weighted by Crippen LogP contribution is 2.37. The van der Waals surface area contributed by atoms with Crippen LogP contribution in [0.4, 0.5) is 26.3 Å². The van der Waals surface area contributed by atoms with Crippen LogP contribution in [0.25, 0.3) is 0 Å². The molecule has 9 heteroatoms. The lowest BCUT2D eigenvalue weighted by molar-refractivity contribution is -0.143. The summed E-state index contributed by atoms with van der Waals surface area (Å²) in [6.07, 6.45) is -8.17. The topological polar surface area (TPSA) is 46.3 Å². The van der Waals surface area contributed by atoms with E-state index in [2.05, 4.69) is 0 Å². The first-order valence-electron chi connectivity index (χ1n) is 9.34. The van der Waals surface area contributed by atoms with Gasteiger partial charge in [-0.25, -0.2) is 0 Å². The van der Waals surface area contributed by atoms with Gasteiger partial charge in [0, 0.05) is 18.5 Å². The molecule has 0 radical (unpaired) electrons. The molecule has 0 saturated carbocycles. The fraction of sp³-hybridized carbons (Fsp3) is 0.381. The van der Waals surface area contributed by atoms with Crippen LogP contribution in [-0.2, 0) is 18.8 Å². The van der Waals surface area contributed by atoms with Crippen molar-refractivity contribution in [1.29, 1.82) is 0 Å². The Bertz CT molecular complexity index is 878. The molecule has 2 aromatic carbocycles. The minimum atomic E-state index is -5.03. The number of carbonyl (C=O) groups is 1. The van der Waals surface area contributed by atoms with Crippen LogP contribution in [0.3, 0.4) is 0 Å². The zero-order valence-corrected chi connectivity index (χ0v) is 15.9. The van der Waals surface area contributed by atoms with Gasteiger partial charge < -0.3 is 10.6 Å². The molecule has 162 valence electrons. The fourth-order valence-corrected chi connectivity index (χ4v) is 3.73. The van der Waals surface area contributed by atoms with Crippen molar-refractivity contribution in [3.63, 3.8) is 0 Å². The van der Waals surface area contributed by atoms with Crippen LogP contribution in [0.1, 0.15) is 46.3 Å². The minimum Gasteiger partial charge on any atom is -0.320 e. The molecule has 1 atom stereocenters. The van der Waals surface area contributed by atoms with Crippen molar-refractivity contribution in [2.75, 3.05) is 6.54 Å². The van der Waals surface area contributed by atoms with Crippen molar-refractivity contribution in [1.82, 2.24) is 4.90 Å². The Morgan fingerprint density at radius 1 is 0.933 bits per heavy atom. The first-order chi connectivity index (χ1) is 13.9. The largest absolute Gasteiger partial charge is 0.416 e. The second-order valence-electron chi connectivity index (χ2n) is 7.47. The van der Waals surface area contributed by atoms with E-state index in [1.54, 1.807) is 30.3 Å². The number of rotatable bonds is 3. The standard InChI is InChI=1S/C21H20F6N2O/c22-20(23,24)16-10-15(11-17(12-16)21(25,26)27)18(30)29-9-5-4-8-19(29,28)13-14-6-2-1-3-7-14/h1-3,6-7,10-12H,4-5,8-9,13,28H2. The molecule has 3 nitrogen and oxygen atoms in total. The van der Waals surface area contributed by atoms with E-state index in [9.17, 15) is 31.1 Å². The number of carbonyl (C=O) groups excluding carboxylic acids is 1. The smallest absolute Gasteiger partial charge is 0.320 e. The summed E-state index contributed by atoms with van der Waals surface area (Å²) in [6, 6.07) is 9.90. The second-order valence-corrected chi connectivity index (χ2v) is 7.47. The molecule has 0 bridgehead atoms. The van der Waals surface area contributed by atoms with E-state index < -0.39 is 40.6 Å². The first kappa shape index (κ1) is 22.1. The van der Waals surface area contributed by atoms with Gasteiger partial charge in [-0.1, -0.05) is 30.3 Å². The molecular weight excluding hydrogens is 410 g/mol. The second kappa shape index (κ2) is 7.94. The van der Waals surface area contributed by atoms with Gasteiger partial charge in [-0.2, -0.15) is 26.3 Å². The predicted octanol–water partition coefficient (Wildman–Crippen LogP) is 5.25. The number of hydrogen-bond donors (Lipinski definition) is 1. The third-order valence-electron chi connectivity index (χ3n) is 5.21. The summed E-state index contributed by atoms with van der Waals surface area (Å²) in [5, 5.41) is 0. The summed E-state index contributed by atoms with van der Waals surface area (Å²) >= 11 is 0. The van der Waals surface area contributed by atoms with Gasteiger partial charge in [-0.05, 0) is 43.0 Å². The van der Waals surface area contributed by atoms with Gasteiger partial charge in [0.1, 0.15) is 0 Å². The van der Waals surface area contributed by atoms with E-state index in [0.29, 0.717) is 31.4 Å². The molecule has 1 heterocycles. The van der Waals surface area contributed by atoms with Crippen molar-refractivity contribution in [3.8, 4) is 0 Å². The lowest BCUT2D eigenvalue weighted by Gasteiger charge is -2.45. The molecule has 0 aliphatic carbocycles. The number of halogens is 6. The monoisotopic (exact) mass is 430 g/mol. The maximum Gasteiger partial charge on any atom is 0.416 e. The van der Waals surface area contributed by atoms with Gasteiger partial charge in [-0.15, -0.1) is 0 Å². The average Bonchev–Trinajstić information content (AvgIpc) is 2.66. The van der Waals surface area contributed by atoms with Gasteiger partial charge >= 0.3 is 12.4 Å². The average molecular weight is 430 g/mol. The summed E-state index contributed by atoms with van der Waals surface area (Å²) in [5.41, 5.74) is 2.37. The first-order valence-corrected chi connectivity index (χ1v) is 9.34. The van der Waals surface area contributed by atoms with Crippen LogP contribution in [0.2, 0.25) is 0 Å². The van der Waals surface area contributed by atoms with Crippen LogP contribution in [0.5, 0.6) is 0 Å². The van der Waals surface area contributed by atoms with E-state index in [4.69, 9.17) is 5.73 Å². The van der Waals surface area contributed by atoms with Gasteiger partial charge in [0.25, 0.3) is 5.91 Å². The Kier molecular flexibility index (Phi) is 5.86. The van der Waals surface area contributed by atoms with Crippen LogP contribution in [0.15, 0.2) is 48.5 Å². The van der Waals surface area contributed by atoms with Gasteiger partial charge in [0.15, 0.2) is 0 Å². The van der Waals surface area contributed by atoms with Gasteiger partial charge in [0.2, 0.25) is 0 Å². The van der Waals surface area contributed by atoms with E-state index in [1.165, 1.54) is 4.90 Å². The molecule has 0 aromatic heterocycles. The van der Waals surface area contributed by atoms with E-state index in [-0.39, 0.29) is 19.0 Å². The van der Waals surface area contributed by atoms with Crippen LogP contribution >= 0.6 is 0 Å². The number of hydrogen-bond acceptors (Lipinski definition) is 2. The highest BCUT2D eigenvalue weighted by Gasteiger charge is 2.41. The summed E-state index contributed by atoms with van der Waals surface area (Å²) in [6.45, 7) is 0.153. The zero-order valence-electron chi connectivity index (χ0n) is 15.9. The molecule has 1 fully saturated rings. The number of piperidine rings is 1. The van der Waals surface area contributed by atoms with Crippen molar-refractivity contribution >= 4 is 5.91 Å². The molecular formula is C21H20F6N2O. The summed E-state index contributed by atoms with van der Waals surface area (Å²) < 4.78 is 79.0. The number of benzene rings is 2. The SMILES string of the molecule is NC1(Cc2ccccc2)CCCCN1C(=O)c1cc(C(F)(F)F)cc(C(F)(F)F)c1. The third-order valence-corrected chi connectivity index (χ3v) is 5.21. The fourth-order valence-electron chi connectivity index (χ4n) is 3.73. The molecule has 0 spiro atoms. The molecule has 3 rings (SSSR count). The molecule has 30 heavy (non-hydrogen) atoms. The molecule has 2 N–H and O–H groups in total. The van der Waals surface area contributed by atoms with Crippen molar-refractivity contribution in [2.45, 2.75) is 43.7 Å². The summed E-state index contributed by atoms with van der Waals surface area (Å²) in [5.74, 6) is -0.940. The predicted molar refractivity (Wildman–Crippen MR) is 98.4 cm³/mol. The number of likely N-dealkylation sites (tertiary alicyclic amines) is 1. The Hall–Kier alpha value is -2.55. The molecule has 1 amide bonds. The molecule has 1 aliphatic heterocycles. The van der Waals surface area contributed by atoms with E-state index >= 15 is 0 Å². The Labute approximate surface area is 169 Å². The summed E-state index contributed by atoms with van der Waals surface area (Å²) in [4.78, 5) is 14.3. The third kappa shape index (κ3) is 4.77. The maximum atomic E-state index is 13.2. The van der Waals surface area contributed by atoms with Crippen molar-refractivity contribution in [2.24, 2.45) is 5.73 Å². The number of nitrogens with two attached hydrogens (primary N) is 1. The van der Waals surface area contributed by atoms with E-state index in [0.717, 1.165) is 5.56 Å². The number of amides is 1. The van der Waals surface area contributed by atoms with Crippen LogP contribution < -0.4 is 5.73 Å². The lowest BCUT2D eigenvalue weighted by Crippen LogP contribution is -2.62. The molecule has 1 saturated heterocycles. The minimum absolute atomic E-state index is 0.00660. The highest BCUT2D eigenvalue weighted by atomic mass is 19.4. The Balaban J connectivity index is 2.01. The highest BCUT2D eigenvalue weighted by molar-refractivity contribution is 5.95. The van der Waals surface area contributed by atoms with Crippen LogP contribution in [0, 0.1) is 0 Å². The van der Waals surface area contributed by atoms with Crippen molar-refractivity contribution < 1.29 is 31.1 Å².